The van der Waals surface area contributed by atoms with Crippen molar-refractivity contribution < 1.29 is 0 Å². The first-order chi connectivity index (χ1) is 5.24. The van der Waals surface area contributed by atoms with Gasteiger partial charge in [-0.2, -0.15) is 0 Å². The van der Waals surface area contributed by atoms with Crippen LogP contribution in [0.15, 0.2) is 18.2 Å². The molecule has 0 aliphatic carbocycles. The third-order valence-electron chi connectivity index (χ3n) is 1.85. The van der Waals surface area contributed by atoms with Gasteiger partial charge in [0.25, 0.3) is 0 Å². The van der Waals surface area contributed by atoms with Crippen molar-refractivity contribution in [2.45, 2.75) is 27.2 Å². The Morgan fingerprint density at radius 2 is 2.00 bits per heavy atom. The van der Waals surface area contributed by atoms with Crippen LogP contribution in [0.4, 0.5) is 0 Å². The Hall–Kier alpha value is -0.780. The van der Waals surface area contributed by atoms with Crippen LogP contribution in [0.3, 0.4) is 0 Å². The first-order valence-corrected chi connectivity index (χ1v) is 4.14. The van der Waals surface area contributed by atoms with E-state index in [4.69, 9.17) is 0 Å². The van der Waals surface area contributed by atoms with E-state index < -0.39 is 0 Å². The largest absolute Gasteiger partial charge is 0.0648 e. The Balaban J connectivity index is 2.90. The summed E-state index contributed by atoms with van der Waals surface area (Å²) < 4.78 is 0. The molecule has 0 aliphatic rings. The fourth-order valence-electron chi connectivity index (χ4n) is 1.27. The highest BCUT2D eigenvalue weighted by Gasteiger charge is 1.95. The molecule has 0 aliphatic heterocycles. The van der Waals surface area contributed by atoms with Crippen LogP contribution in [0, 0.1) is 20.3 Å². The molecule has 0 spiro atoms. The summed E-state index contributed by atoms with van der Waals surface area (Å²) in [5, 5.41) is 0. The summed E-state index contributed by atoms with van der Waals surface area (Å²) in [5.74, 6) is 0. The number of rotatable bonds is 2. The first-order valence-electron chi connectivity index (χ1n) is 4.14. The summed E-state index contributed by atoms with van der Waals surface area (Å²) in [5.41, 5.74) is 4.10. The molecule has 0 nitrogen and oxygen atoms in total. The van der Waals surface area contributed by atoms with Gasteiger partial charge in [0.1, 0.15) is 0 Å². The van der Waals surface area contributed by atoms with Crippen molar-refractivity contribution >= 4 is 0 Å². The Kier molecular flexibility index (Phi) is 2.70. The Morgan fingerprint density at radius 1 is 1.27 bits per heavy atom. The lowest BCUT2D eigenvalue weighted by Crippen LogP contribution is -1.86. The fraction of sp³-hybridized carbons (Fsp3) is 0.364. The molecule has 1 rings (SSSR count). The number of hydrogen-bond acceptors (Lipinski definition) is 0. The molecule has 0 saturated heterocycles. The summed E-state index contributed by atoms with van der Waals surface area (Å²) in [6, 6.07) is 6.57. The molecule has 0 unspecified atom stereocenters. The molecule has 0 bridgehead atoms. The quantitative estimate of drug-likeness (QED) is 0.602. The maximum Gasteiger partial charge on any atom is -0.00931 e. The molecule has 0 fully saturated rings. The second-order valence-corrected chi connectivity index (χ2v) is 2.97. The molecule has 1 radical (unpaired) electrons. The minimum Gasteiger partial charge on any atom is -0.0648 e. The zero-order chi connectivity index (χ0) is 8.27. The van der Waals surface area contributed by atoms with E-state index in [-0.39, 0.29) is 0 Å². The fourth-order valence-corrected chi connectivity index (χ4v) is 1.27. The van der Waals surface area contributed by atoms with Gasteiger partial charge in [-0.15, -0.1) is 0 Å². The van der Waals surface area contributed by atoms with Gasteiger partial charge in [-0.3, -0.25) is 0 Å². The minimum atomic E-state index is 1.11. The molecule has 0 aromatic heterocycles. The second kappa shape index (κ2) is 3.56. The molecule has 59 valence electrons. The molecule has 0 heterocycles. The molecule has 11 heavy (non-hydrogen) atoms. The minimum absolute atomic E-state index is 1.11. The molecule has 0 saturated carbocycles. The van der Waals surface area contributed by atoms with Crippen molar-refractivity contribution in [2.75, 3.05) is 0 Å². The van der Waals surface area contributed by atoms with E-state index in [1.807, 2.05) is 0 Å². The highest BCUT2D eigenvalue weighted by atomic mass is 14.0. The van der Waals surface area contributed by atoms with Crippen LogP contribution in [-0.2, 0) is 0 Å². The highest BCUT2D eigenvalue weighted by molar-refractivity contribution is 5.34. The number of benzene rings is 1. The molecule has 0 N–H and O–H groups in total. The van der Waals surface area contributed by atoms with Gasteiger partial charge in [0.2, 0.25) is 0 Å². The van der Waals surface area contributed by atoms with Gasteiger partial charge in [-0.05, 0) is 37.8 Å². The van der Waals surface area contributed by atoms with Crippen molar-refractivity contribution in [1.82, 2.24) is 0 Å². The SMILES string of the molecule is CC[CH]c1ccc(C)cc1C. The number of aryl methyl sites for hydroxylation is 2. The highest BCUT2D eigenvalue weighted by Crippen LogP contribution is 2.13. The van der Waals surface area contributed by atoms with E-state index >= 15 is 0 Å². The van der Waals surface area contributed by atoms with E-state index in [1.54, 1.807) is 0 Å². The van der Waals surface area contributed by atoms with Gasteiger partial charge in [0.15, 0.2) is 0 Å². The lowest BCUT2D eigenvalue weighted by Gasteiger charge is -2.03. The number of hydrogen-bond donors (Lipinski definition) is 0. The van der Waals surface area contributed by atoms with Crippen molar-refractivity contribution in [1.29, 1.82) is 0 Å². The third kappa shape index (κ3) is 2.07. The van der Waals surface area contributed by atoms with Crippen molar-refractivity contribution in [2.24, 2.45) is 0 Å². The van der Waals surface area contributed by atoms with E-state index in [1.165, 1.54) is 16.7 Å². The third-order valence-corrected chi connectivity index (χ3v) is 1.85. The predicted octanol–water partition coefficient (Wildman–Crippen LogP) is 3.27. The van der Waals surface area contributed by atoms with Crippen molar-refractivity contribution in [3.8, 4) is 0 Å². The first kappa shape index (κ1) is 8.32. The topological polar surface area (TPSA) is 0 Å². The van der Waals surface area contributed by atoms with Gasteiger partial charge >= 0.3 is 0 Å². The van der Waals surface area contributed by atoms with Gasteiger partial charge < -0.3 is 0 Å². The Bertz CT molecular complexity index is 236. The van der Waals surface area contributed by atoms with E-state index in [2.05, 4.69) is 45.4 Å². The zero-order valence-electron chi connectivity index (χ0n) is 7.52. The summed E-state index contributed by atoms with van der Waals surface area (Å²) in [6.07, 6.45) is 3.37. The van der Waals surface area contributed by atoms with Crippen LogP contribution < -0.4 is 0 Å². The molecule has 0 amide bonds. The van der Waals surface area contributed by atoms with Crippen LogP contribution >= 0.6 is 0 Å². The molecular formula is C11H15. The van der Waals surface area contributed by atoms with Crippen molar-refractivity contribution in [3.63, 3.8) is 0 Å². The van der Waals surface area contributed by atoms with Gasteiger partial charge in [0.05, 0.1) is 0 Å². The lowest BCUT2D eigenvalue weighted by atomic mass is 10.0. The van der Waals surface area contributed by atoms with Crippen LogP contribution in [-0.4, -0.2) is 0 Å². The van der Waals surface area contributed by atoms with Crippen LogP contribution in [0.25, 0.3) is 0 Å². The molecule has 1 aromatic carbocycles. The van der Waals surface area contributed by atoms with E-state index in [0.29, 0.717) is 0 Å². The molecule has 0 atom stereocenters. The van der Waals surface area contributed by atoms with Gasteiger partial charge in [-0.25, -0.2) is 0 Å². The van der Waals surface area contributed by atoms with E-state index in [0.717, 1.165) is 6.42 Å². The van der Waals surface area contributed by atoms with Gasteiger partial charge in [-0.1, -0.05) is 30.7 Å². The summed E-state index contributed by atoms with van der Waals surface area (Å²) in [4.78, 5) is 0. The van der Waals surface area contributed by atoms with E-state index in [9.17, 15) is 0 Å². The predicted molar refractivity (Wildman–Crippen MR) is 49.6 cm³/mol. The van der Waals surface area contributed by atoms with Crippen LogP contribution in [0.2, 0.25) is 0 Å². The average Bonchev–Trinajstić information content (AvgIpc) is 1.95. The van der Waals surface area contributed by atoms with Gasteiger partial charge in [0, 0.05) is 0 Å². The molecule has 0 heteroatoms. The Labute approximate surface area is 69.3 Å². The average molecular weight is 147 g/mol. The van der Waals surface area contributed by atoms with Crippen molar-refractivity contribution in [3.05, 3.63) is 41.3 Å². The maximum atomic E-state index is 2.26. The summed E-state index contributed by atoms with van der Waals surface area (Å²) in [6.45, 7) is 6.45. The molecular weight excluding hydrogens is 132 g/mol. The smallest absolute Gasteiger partial charge is 0.00931 e. The molecule has 1 aromatic rings. The second-order valence-electron chi connectivity index (χ2n) is 2.97. The normalized spacial score (nSPS) is 10.1. The lowest BCUT2D eigenvalue weighted by molar-refractivity contribution is 1.11. The monoisotopic (exact) mass is 147 g/mol. The summed E-state index contributed by atoms with van der Waals surface area (Å²) in [7, 11) is 0. The zero-order valence-corrected chi connectivity index (χ0v) is 7.52. The summed E-state index contributed by atoms with van der Waals surface area (Å²) >= 11 is 0. The Morgan fingerprint density at radius 3 is 2.55 bits per heavy atom. The standard InChI is InChI=1S/C11H15/c1-4-5-11-7-6-9(2)8-10(11)3/h5-8H,4H2,1-3H3. The van der Waals surface area contributed by atoms with Crippen LogP contribution in [0.5, 0.6) is 0 Å². The van der Waals surface area contributed by atoms with Crippen LogP contribution in [0.1, 0.15) is 30.0 Å². The maximum absolute atomic E-state index is 2.26.